The zero-order valence-corrected chi connectivity index (χ0v) is 12.2. The molecule has 0 unspecified atom stereocenters. The Kier molecular flexibility index (Phi) is 4.37. The van der Waals surface area contributed by atoms with Crippen LogP contribution in [0, 0.1) is 5.82 Å². The average Bonchev–Trinajstić information content (AvgIpc) is 3.18. The average molecular weight is 302 g/mol. The third-order valence-electron chi connectivity index (χ3n) is 3.15. The van der Waals surface area contributed by atoms with Crippen LogP contribution in [0.3, 0.4) is 0 Å². The number of aromatic nitrogens is 3. The van der Waals surface area contributed by atoms with E-state index in [1.54, 1.807) is 11.3 Å². The number of nitrogens with one attached hydrogen (secondary N) is 2. The maximum absolute atomic E-state index is 13.9. The second-order valence-electron chi connectivity index (χ2n) is 4.65. The number of H-pyrrole nitrogens is 1. The van der Waals surface area contributed by atoms with Crippen molar-refractivity contribution in [2.45, 2.75) is 13.0 Å². The van der Waals surface area contributed by atoms with Crippen molar-refractivity contribution in [2.75, 3.05) is 6.54 Å². The molecule has 0 aliphatic heterocycles. The molecule has 0 aliphatic rings. The van der Waals surface area contributed by atoms with Crippen LogP contribution in [-0.2, 0) is 13.0 Å². The fourth-order valence-electron chi connectivity index (χ4n) is 2.09. The van der Waals surface area contributed by atoms with Gasteiger partial charge in [-0.3, -0.25) is 5.10 Å². The first-order chi connectivity index (χ1) is 10.3. The van der Waals surface area contributed by atoms with Crippen LogP contribution in [0.15, 0.2) is 42.0 Å². The Morgan fingerprint density at radius 2 is 2.24 bits per heavy atom. The number of hydrogen-bond donors (Lipinski definition) is 2. The fourth-order valence-corrected chi connectivity index (χ4v) is 2.84. The molecule has 3 aromatic rings. The molecule has 1 aromatic carbocycles. The first-order valence-electron chi connectivity index (χ1n) is 6.70. The van der Waals surface area contributed by atoms with Crippen LogP contribution in [0.1, 0.15) is 11.4 Å². The van der Waals surface area contributed by atoms with Crippen molar-refractivity contribution < 1.29 is 4.39 Å². The summed E-state index contributed by atoms with van der Waals surface area (Å²) in [6, 6.07) is 9.12. The maximum atomic E-state index is 13.9. The number of halogens is 1. The van der Waals surface area contributed by atoms with E-state index in [1.165, 1.54) is 12.4 Å². The van der Waals surface area contributed by atoms with Gasteiger partial charge in [0.2, 0.25) is 0 Å². The molecule has 0 saturated heterocycles. The summed E-state index contributed by atoms with van der Waals surface area (Å²) in [4.78, 5) is 5.02. The van der Waals surface area contributed by atoms with Crippen molar-refractivity contribution in [3.05, 3.63) is 59.2 Å². The van der Waals surface area contributed by atoms with E-state index in [-0.39, 0.29) is 5.82 Å². The Morgan fingerprint density at radius 1 is 1.29 bits per heavy atom. The van der Waals surface area contributed by atoms with E-state index in [4.69, 9.17) is 0 Å². The van der Waals surface area contributed by atoms with Gasteiger partial charge >= 0.3 is 0 Å². The zero-order chi connectivity index (χ0) is 14.5. The van der Waals surface area contributed by atoms with Gasteiger partial charge in [-0.15, -0.1) is 11.3 Å². The van der Waals surface area contributed by atoms with Gasteiger partial charge in [-0.2, -0.15) is 5.10 Å². The Hall–Kier alpha value is -2.05. The number of rotatable bonds is 6. The highest BCUT2D eigenvalue weighted by molar-refractivity contribution is 7.13. The largest absolute Gasteiger partial charge is 0.312 e. The summed E-state index contributed by atoms with van der Waals surface area (Å²) in [5, 5.41) is 11.9. The Bertz CT molecular complexity index is 680. The molecule has 0 radical (unpaired) electrons. The van der Waals surface area contributed by atoms with Gasteiger partial charge in [0.15, 0.2) is 0 Å². The summed E-state index contributed by atoms with van der Waals surface area (Å²) in [6.07, 6.45) is 2.29. The first-order valence-corrected chi connectivity index (χ1v) is 7.58. The molecule has 0 amide bonds. The minimum atomic E-state index is -0.178. The number of thiophene rings is 1. The summed E-state index contributed by atoms with van der Waals surface area (Å²) in [7, 11) is 0. The van der Waals surface area contributed by atoms with Crippen molar-refractivity contribution in [3.8, 4) is 10.4 Å². The van der Waals surface area contributed by atoms with Gasteiger partial charge in [0.25, 0.3) is 0 Å². The molecule has 4 nitrogen and oxygen atoms in total. The highest BCUT2D eigenvalue weighted by Crippen LogP contribution is 2.28. The van der Waals surface area contributed by atoms with Crippen molar-refractivity contribution in [1.82, 2.24) is 20.5 Å². The van der Waals surface area contributed by atoms with Gasteiger partial charge in [-0.25, -0.2) is 9.37 Å². The van der Waals surface area contributed by atoms with E-state index in [9.17, 15) is 4.39 Å². The van der Waals surface area contributed by atoms with Gasteiger partial charge in [0, 0.05) is 30.0 Å². The predicted octanol–water partition coefficient (Wildman–Crippen LogP) is 3.00. The van der Waals surface area contributed by atoms with E-state index in [2.05, 4.69) is 20.5 Å². The van der Waals surface area contributed by atoms with Crippen molar-refractivity contribution in [2.24, 2.45) is 0 Å². The molecule has 0 fully saturated rings. The number of hydrogen-bond acceptors (Lipinski definition) is 4. The lowest BCUT2D eigenvalue weighted by Crippen LogP contribution is -2.17. The van der Waals surface area contributed by atoms with E-state index in [0.717, 1.165) is 29.2 Å². The monoisotopic (exact) mass is 302 g/mol. The topological polar surface area (TPSA) is 53.6 Å². The third-order valence-corrected chi connectivity index (χ3v) is 4.05. The number of nitrogens with zero attached hydrogens (tertiary/aromatic N) is 2. The molecule has 2 N–H and O–H groups in total. The molecule has 2 aromatic heterocycles. The minimum absolute atomic E-state index is 0.178. The van der Waals surface area contributed by atoms with Gasteiger partial charge in [-0.1, -0.05) is 12.1 Å². The van der Waals surface area contributed by atoms with Crippen LogP contribution in [0.4, 0.5) is 4.39 Å². The third kappa shape index (κ3) is 3.53. The molecule has 21 heavy (non-hydrogen) atoms. The first kappa shape index (κ1) is 13.9. The van der Waals surface area contributed by atoms with E-state index < -0.39 is 0 Å². The smallest absolute Gasteiger partial charge is 0.137 e. The van der Waals surface area contributed by atoms with Gasteiger partial charge in [0.05, 0.1) is 0 Å². The zero-order valence-electron chi connectivity index (χ0n) is 11.3. The van der Waals surface area contributed by atoms with Crippen molar-refractivity contribution >= 4 is 11.3 Å². The number of aromatic amines is 1. The Labute approximate surface area is 126 Å². The van der Waals surface area contributed by atoms with Gasteiger partial charge in [-0.05, 0) is 29.1 Å². The van der Waals surface area contributed by atoms with E-state index >= 15 is 0 Å². The van der Waals surface area contributed by atoms with Crippen LogP contribution in [-0.4, -0.2) is 21.7 Å². The summed E-state index contributed by atoms with van der Waals surface area (Å²) in [5.74, 6) is 0.684. The molecule has 108 valence electrons. The fraction of sp³-hybridized carbons (Fsp3) is 0.200. The summed E-state index contributed by atoms with van der Waals surface area (Å²) < 4.78 is 13.9. The predicted molar refractivity (Wildman–Crippen MR) is 81.5 cm³/mol. The van der Waals surface area contributed by atoms with Crippen LogP contribution in [0.25, 0.3) is 10.4 Å². The van der Waals surface area contributed by atoms with E-state index in [1.807, 2.05) is 29.6 Å². The second kappa shape index (κ2) is 6.60. The molecule has 0 aliphatic carbocycles. The Morgan fingerprint density at radius 3 is 3.00 bits per heavy atom. The molecule has 2 heterocycles. The maximum Gasteiger partial charge on any atom is 0.137 e. The second-order valence-corrected chi connectivity index (χ2v) is 5.60. The molecule has 0 spiro atoms. The highest BCUT2D eigenvalue weighted by Gasteiger charge is 2.07. The van der Waals surface area contributed by atoms with Crippen LogP contribution in [0.5, 0.6) is 0 Å². The lowest BCUT2D eigenvalue weighted by Gasteiger charge is -2.07. The molecular weight excluding hydrogens is 287 g/mol. The molecule has 3 rings (SSSR count). The van der Waals surface area contributed by atoms with E-state index in [0.29, 0.717) is 12.1 Å². The number of benzene rings is 1. The SMILES string of the molecule is Fc1ccc(CNCCc2ncn[nH]2)cc1-c1cccs1. The quantitative estimate of drug-likeness (QED) is 0.688. The van der Waals surface area contributed by atoms with Gasteiger partial charge in [0.1, 0.15) is 18.0 Å². The molecule has 6 heteroatoms. The minimum Gasteiger partial charge on any atom is -0.312 e. The molecule has 0 atom stereocenters. The molecule has 0 bridgehead atoms. The van der Waals surface area contributed by atoms with Crippen LogP contribution in [0.2, 0.25) is 0 Å². The van der Waals surface area contributed by atoms with Crippen LogP contribution >= 0.6 is 11.3 Å². The summed E-state index contributed by atoms with van der Waals surface area (Å²) in [5.41, 5.74) is 1.73. The molecule has 0 saturated carbocycles. The molecular formula is C15H15FN4S. The van der Waals surface area contributed by atoms with Crippen LogP contribution < -0.4 is 5.32 Å². The lowest BCUT2D eigenvalue weighted by atomic mass is 10.1. The lowest BCUT2D eigenvalue weighted by molar-refractivity contribution is 0.628. The summed E-state index contributed by atoms with van der Waals surface area (Å²) >= 11 is 1.55. The highest BCUT2D eigenvalue weighted by atomic mass is 32.1. The Balaban J connectivity index is 1.60. The van der Waals surface area contributed by atoms with Crippen molar-refractivity contribution in [1.29, 1.82) is 0 Å². The normalized spacial score (nSPS) is 10.9. The summed E-state index contributed by atoms with van der Waals surface area (Å²) in [6.45, 7) is 1.49. The van der Waals surface area contributed by atoms with Gasteiger partial charge < -0.3 is 5.32 Å². The standard InChI is InChI=1S/C15H15FN4S/c16-13-4-3-11(8-12(13)14-2-1-7-21-14)9-17-6-5-15-18-10-19-20-15/h1-4,7-8,10,17H,5-6,9H2,(H,18,19,20). The van der Waals surface area contributed by atoms with Crippen molar-refractivity contribution in [3.63, 3.8) is 0 Å².